The van der Waals surface area contributed by atoms with Crippen molar-refractivity contribution < 1.29 is 32.7 Å². The number of amides is 1. The van der Waals surface area contributed by atoms with Gasteiger partial charge in [-0.25, -0.2) is 4.79 Å². The lowest BCUT2D eigenvalue weighted by Crippen LogP contribution is -2.49. The van der Waals surface area contributed by atoms with Crippen molar-refractivity contribution in [1.82, 2.24) is 10.2 Å². The van der Waals surface area contributed by atoms with Crippen LogP contribution in [0.25, 0.3) is 0 Å². The van der Waals surface area contributed by atoms with Crippen LogP contribution in [0.1, 0.15) is 39.5 Å². The van der Waals surface area contributed by atoms with Crippen molar-refractivity contribution in [2.45, 2.75) is 51.3 Å². The van der Waals surface area contributed by atoms with Gasteiger partial charge in [-0.2, -0.15) is 13.2 Å². The molecule has 0 aromatic carbocycles. The topological polar surface area (TPSA) is 91.2 Å². The number of halogens is 3. The second-order valence-corrected chi connectivity index (χ2v) is 6.93. The molecule has 1 spiro atoms. The lowest BCUT2D eigenvalue weighted by Gasteiger charge is -2.38. The number of carbonyl (C=O) groups is 2. The minimum atomic E-state index is -5.08. The Labute approximate surface area is 150 Å². The normalized spacial score (nSPS) is 23.1. The molecule has 150 valence electrons. The third-order valence-electron chi connectivity index (χ3n) is 4.21. The first-order chi connectivity index (χ1) is 12.0. The minimum absolute atomic E-state index is 0.115. The maximum atomic E-state index is 11.6. The van der Waals surface area contributed by atoms with Crippen LogP contribution in [0, 0.1) is 5.92 Å². The molecular weight excluding hydrogens is 355 g/mol. The number of nitrogens with one attached hydrogen (secondary N) is 1. The van der Waals surface area contributed by atoms with E-state index in [9.17, 15) is 18.0 Å². The summed E-state index contributed by atoms with van der Waals surface area (Å²) in [5.41, 5.74) is 0.282. The average Bonchev–Trinajstić information content (AvgIpc) is 2.95. The zero-order chi connectivity index (χ0) is 20.0. The van der Waals surface area contributed by atoms with Gasteiger partial charge in [0.15, 0.2) is 5.60 Å². The fourth-order valence-electron chi connectivity index (χ4n) is 2.83. The van der Waals surface area contributed by atoms with Crippen molar-refractivity contribution in [3.8, 4) is 0 Å². The summed E-state index contributed by atoms with van der Waals surface area (Å²) < 4.78 is 31.7. The van der Waals surface area contributed by atoms with Crippen molar-refractivity contribution in [3.05, 3.63) is 0 Å². The predicted octanol–water partition coefficient (Wildman–Crippen LogP) is 2.02. The van der Waals surface area contributed by atoms with Crippen LogP contribution < -0.4 is 5.32 Å². The summed E-state index contributed by atoms with van der Waals surface area (Å²) in [6, 6.07) is 0. The number of hydrogen-bond acceptors (Lipinski definition) is 5. The Hall–Kier alpha value is -1.84. The smallest absolute Gasteiger partial charge is 0.475 e. The Bertz CT molecular complexity index is 537. The van der Waals surface area contributed by atoms with E-state index in [1.807, 2.05) is 0 Å². The molecular formula is C16H26F3N3O4. The zero-order valence-electron chi connectivity index (χ0n) is 15.2. The first-order valence-electron chi connectivity index (χ1n) is 8.48. The molecule has 0 bridgehead atoms. The van der Waals surface area contributed by atoms with Crippen LogP contribution in [0.15, 0.2) is 5.16 Å². The Kier molecular flexibility index (Phi) is 7.86. The van der Waals surface area contributed by atoms with Crippen molar-refractivity contribution in [2.24, 2.45) is 11.1 Å². The third kappa shape index (κ3) is 6.81. The van der Waals surface area contributed by atoms with E-state index in [1.165, 1.54) is 6.42 Å². The molecule has 0 radical (unpaired) electrons. The molecule has 1 saturated heterocycles. The highest BCUT2D eigenvalue weighted by atomic mass is 19.4. The van der Waals surface area contributed by atoms with Gasteiger partial charge in [0.2, 0.25) is 0 Å². The molecule has 0 aliphatic carbocycles. The fourth-order valence-corrected chi connectivity index (χ4v) is 2.83. The number of nitrogens with zero attached hydrogens (tertiary/aromatic N) is 2. The molecule has 0 saturated carbocycles. The Morgan fingerprint density at radius 1 is 1.42 bits per heavy atom. The highest BCUT2D eigenvalue weighted by molar-refractivity contribution is 6.39. The SMILES string of the molecule is CNC(=O)C1=NOC2(CCCN(CCC(C)C)C2)C1.O=C(O)C(F)(F)F. The van der Waals surface area contributed by atoms with Gasteiger partial charge in [-0.1, -0.05) is 19.0 Å². The van der Waals surface area contributed by atoms with E-state index in [1.54, 1.807) is 7.05 Å². The molecule has 1 fully saturated rings. The Balaban J connectivity index is 0.000000412. The molecule has 2 heterocycles. The number of piperidine rings is 1. The number of carbonyl (C=O) groups excluding carboxylic acids is 1. The quantitative estimate of drug-likeness (QED) is 0.778. The van der Waals surface area contributed by atoms with Gasteiger partial charge < -0.3 is 15.3 Å². The van der Waals surface area contributed by atoms with Crippen molar-refractivity contribution in [1.29, 1.82) is 0 Å². The first kappa shape index (κ1) is 22.2. The Morgan fingerprint density at radius 3 is 2.54 bits per heavy atom. The van der Waals surface area contributed by atoms with E-state index in [-0.39, 0.29) is 11.5 Å². The molecule has 1 unspecified atom stereocenters. The minimum Gasteiger partial charge on any atom is -0.475 e. The number of carboxylic acid groups (broad SMARTS) is 1. The van der Waals surface area contributed by atoms with Crippen molar-refractivity contribution in [3.63, 3.8) is 0 Å². The predicted molar refractivity (Wildman–Crippen MR) is 88.8 cm³/mol. The Morgan fingerprint density at radius 2 is 2.04 bits per heavy atom. The largest absolute Gasteiger partial charge is 0.490 e. The number of oxime groups is 1. The van der Waals surface area contributed by atoms with E-state index < -0.39 is 12.1 Å². The summed E-state index contributed by atoms with van der Waals surface area (Å²) in [5.74, 6) is -2.15. The number of rotatable bonds is 4. The summed E-state index contributed by atoms with van der Waals surface area (Å²) in [5, 5.41) is 13.7. The van der Waals surface area contributed by atoms with Crippen LogP contribution >= 0.6 is 0 Å². The number of hydrogen-bond donors (Lipinski definition) is 2. The van der Waals surface area contributed by atoms with E-state index in [4.69, 9.17) is 14.7 Å². The summed E-state index contributed by atoms with van der Waals surface area (Å²) >= 11 is 0. The summed E-state index contributed by atoms with van der Waals surface area (Å²) in [6.07, 6.45) is -1.12. The third-order valence-corrected chi connectivity index (χ3v) is 4.21. The molecule has 7 nitrogen and oxygen atoms in total. The standard InChI is InChI=1S/C14H25N3O2.C2HF3O2/c1-11(2)5-8-17-7-4-6-14(10-17)9-12(16-19-14)13(18)15-3;3-2(4,5)1(6)7/h11H,4-10H2,1-3H3,(H,15,18);(H,6,7). The van der Waals surface area contributed by atoms with Crippen LogP contribution in [-0.4, -0.2) is 66.1 Å². The maximum Gasteiger partial charge on any atom is 0.490 e. The molecule has 0 aromatic heterocycles. The number of alkyl halides is 3. The van der Waals surface area contributed by atoms with Crippen LogP contribution in [0.5, 0.6) is 0 Å². The number of aliphatic carboxylic acids is 1. The zero-order valence-corrected chi connectivity index (χ0v) is 15.2. The monoisotopic (exact) mass is 381 g/mol. The molecule has 2 aliphatic heterocycles. The number of likely N-dealkylation sites (tertiary alicyclic amines) is 1. The van der Waals surface area contributed by atoms with Gasteiger partial charge in [0.25, 0.3) is 5.91 Å². The summed E-state index contributed by atoms with van der Waals surface area (Å²) in [7, 11) is 1.63. The van der Waals surface area contributed by atoms with Gasteiger partial charge in [0.1, 0.15) is 5.71 Å². The lowest BCUT2D eigenvalue weighted by molar-refractivity contribution is -0.192. The second-order valence-electron chi connectivity index (χ2n) is 6.93. The molecule has 2 N–H and O–H groups in total. The molecule has 1 amide bonds. The van der Waals surface area contributed by atoms with E-state index in [2.05, 4.69) is 29.2 Å². The highest BCUT2D eigenvalue weighted by Gasteiger charge is 2.44. The van der Waals surface area contributed by atoms with Crippen LogP contribution in [-0.2, 0) is 14.4 Å². The van der Waals surface area contributed by atoms with Crippen molar-refractivity contribution >= 4 is 17.6 Å². The van der Waals surface area contributed by atoms with Gasteiger partial charge in [0.05, 0.1) is 0 Å². The van der Waals surface area contributed by atoms with E-state index >= 15 is 0 Å². The fraction of sp³-hybridized carbons (Fsp3) is 0.812. The van der Waals surface area contributed by atoms with Crippen LogP contribution in [0.3, 0.4) is 0 Å². The lowest BCUT2D eigenvalue weighted by atomic mass is 9.88. The molecule has 2 rings (SSSR count). The van der Waals surface area contributed by atoms with Gasteiger partial charge in [0, 0.05) is 20.0 Å². The summed E-state index contributed by atoms with van der Waals surface area (Å²) in [4.78, 5) is 28.6. The van der Waals surface area contributed by atoms with E-state index in [0.29, 0.717) is 12.1 Å². The average molecular weight is 381 g/mol. The van der Waals surface area contributed by atoms with E-state index in [0.717, 1.165) is 38.4 Å². The second kappa shape index (κ2) is 9.20. The van der Waals surface area contributed by atoms with Crippen LogP contribution in [0.4, 0.5) is 13.2 Å². The maximum absolute atomic E-state index is 11.6. The molecule has 10 heteroatoms. The van der Waals surface area contributed by atoms with Gasteiger partial charge in [-0.15, -0.1) is 0 Å². The number of carboxylic acids is 1. The molecule has 0 aromatic rings. The molecule has 26 heavy (non-hydrogen) atoms. The molecule has 1 atom stereocenters. The van der Waals surface area contributed by atoms with Gasteiger partial charge in [-0.05, 0) is 38.3 Å². The van der Waals surface area contributed by atoms with Gasteiger partial charge in [-0.3, -0.25) is 9.69 Å². The first-order valence-corrected chi connectivity index (χ1v) is 8.48. The summed E-state index contributed by atoms with van der Waals surface area (Å²) in [6.45, 7) is 7.63. The molecule has 2 aliphatic rings. The highest BCUT2D eigenvalue weighted by Crippen LogP contribution is 2.33. The van der Waals surface area contributed by atoms with Crippen molar-refractivity contribution in [2.75, 3.05) is 26.7 Å². The van der Waals surface area contributed by atoms with Gasteiger partial charge >= 0.3 is 12.1 Å². The van der Waals surface area contributed by atoms with Crippen LogP contribution in [0.2, 0.25) is 0 Å².